The van der Waals surface area contributed by atoms with Gasteiger partial charge in [-0.25, -0.2) is 4.39 Å². The van der Waals surface area contributed by atoms with Crippen LogP contribution < -0.4 is 9.47 Å². The van der Waals surface area contributed by atoms with Crippen molar-refractivity contribution in [3.05, 3.63) is 64.0 Å². The van der Waals surface area contributed by atoms with Gasteiger partial charge >= 0.3 is 5.69 Å². The number of nitrogens with zero attached hydrogens (tertiary/aromatic N) is 1. The van der Waals surface area contributed by atoms with E-state index in [4.69, 9.17) is 9.47 Å². The van der Waals surface area contributed by atoms with E-state index < -0.39 is 10.7 Å². The van der Waals surface area contributed by atoms with Crippen LogP contribution in [0.25, 0.3) is 0 Å². The summed E-state index contributed by atoms with van der Waals surface area (Å²) < 4.78 is 23.9. The SMILES string of the molecule is Cc1ccc([N+](=O)[O-])c(OCCOc2ccccc2F)c1. The van der Waals surface area contributed by atoms with Gasteiger partial charge in [-0.3, -0.25) is 10.1 Å². The van der Waals surface area contributed by atoms with Gasteiger partial charge in [-0.15, -0.1) is 0 Å². The Balaban J connectivity index is 1.93. The highest BCUT2D eigenvalue weighted by Crippen LogP contribution is 2.27. The number of hydrogen-bond acceptors (Lipinski definition) is 4. The molecule has 0 N–H and O–H groups in total. The zero-order chi connectivity index (χ0) is 15.2. The standard InChI is InChI=1S/C15H14FNO4/c1-11-6-7-13(17(18)19)15(10-11)21-9-8-20-14-5-3-2-4-12(14)16/h2-7,10H,8-9H2,1H3. The molecule has 0 saturated heterocycles. The molecule has 0 unspecified atom stereocenters. The molecule has 6 heteroatoms. The molecule has 2 aromatic rings. The largest absolute Gasteiger partial charge is 0.487 e. The molecule has 0 aromatic heterocycles. The Morgan fingerprint density at radius 3 is 2.43 bits per heavy atom. The lowest BCUT2D eigenvalue weighted by Gasteiger charge is -2.09. The first kappa shape index (κ1) is 14.8. The number of benzene rings is 2. The number of halogens is 1. The summed E-state index contributed by atoms with van der Waals surface area (Å²) in [5.74, 6) is -0.156. The molecule has 0 saturated carbocycles. The lowest BCUT2D eigenvalue weighted by atomic mass is 10.2. The van der Waals surface area contributed by atoms with E-state index >= 15 is 0 Å². The van der Waals surface area contributed by atoms with E-state index in [0.29, 0.717) is 0 Å². The predicted molar refractivity (Wildman–Crippen MR) is 75.2 cm³/mol. The maximum atomic E-state index is 13.3. The Morgan fingerprint density at radius 1 is 1.10 bits per heavy atom. The first-order chi connectivity index (χ1) is 10.1. The van der Waals surface area contributed by atoms with Crippen LogP contribution in [0.5, 0.6) is 11.5 Å². The molecular formula is C15H14FNO4. The van der Waals surface area contributed by atoms with Crippen molar-refractivity contribution in [1.82, 2.24) is 0 Å². The van der Waals surface area contributed by atoms with Crippen LogP contribution in [-0.4, -0.2) is 18.1 Å². The van der Waals surface area contributed by atoms with E-state index in [9.17, 15) is 14.5 Å². The molecule has 0 fully saturated rings. The smallest absolute Gasteiger partial charge is 0.310 e. The van der Waals surface area contributed by atoms with Gasteiger partial charge in [0.25, 0.3) is 0 Å². The van der Waals surface area contributed by atoms with Crippen molar-refractivity contribution in [2.24, 2.45) is 0 Å². The number of nitro groups is 1. The van der Waals surface area contributed by atoms with Crippen molar-refractivity contribution in [3.8, 4) is 11.5 Å². The summed E-state index contributed by atoms with van der Waals surface area (Å²) >= 11 is 0. The molecule has 2 aromatic carbocycles. The number of ether oxygens (including phenoxy) is 2. The zero-order valence-corrected chi connectivity index (χ0v) is 11.4. The monoisotopic (exact) mass is 291 g/mol. The summed E-state index contributed by atoms with van der Waals surface area (Å²) in [6.07, 6.45) is 0. The minimum absolute atomic E-state index is 0.0820. The maximum Gasteiger partial charge on any atom is 0.310 e. The summed E-state index contributed by atoms with van der Waals surface area (Å²) in [4.78, 5) is 10.4. The zero-order valence-electron chi connectivity index (χ0n) is 11.4. The Kier molecular flexibility index (Phi) is 4.71. The Morgan fingerprint density at radius 2 is 1.76 bits per heavy atom. The second kappa shape index (κ2) is 6.69. The third-order valence-electron chi connectivity index (χ3n) is 2.75. The minimum Gasteiger partial charge on any atom is -0.487 e. The molecule has 0 radical (unpaired) electrons. The first-order valence-electron chi connectivity index (χ1n) is 6.33. The van der Waals surface area contributed by atoms with E-state index in [1.54, 1.807) is 24.3 Å². The second-order valence-electron chi connectivity index (χ2n) is 4.36. The maximum absolute atomic E-state index is 13.3. The highest BCUT2D eigenvalue weighted by atomic mass is 19.1. The Hall–Kier alpha value is -2.63. The Labute approximate surface area is 121 Å². The number of hydrogen-bond donors (Lipinski definition) is 0. The Bertz CT molecular complexity index is 645. The van der Waals surface area contributed by atoms with E-state index in [1.165, 1.54) is 18.2 Å². The fourth-order valence-corrected chi connectivity index (χ4v) is 1.75. The van der Waals surface area contributed by atoms with Crippen LogP contribution in [-0.2, 0) is 0 Å². The average Bonchev–Trinajstić information content (AvgIpc) is 2.45. The molecule has 0 spiro atoms. The second-order valence-corrected chi connectivity index (χ2v) is 4.36. The fraction of sp³-hybridized carbons (Fsp3) is 0.200. The van der Waals surface area contributed by atoms with Gasteiger partial charge in [0.15, 0.2) is 17.3 Å². The molecular weight excluding hydrogens is 277 g/mol. The van der Waals surface area contributed by atoms with Gasteiger partial charge in [0.05, 0.1) is 4.92 Å². The van der Waals surface area contributed by atoms with Gasteiger partial charge in [-0.2, -0.15) is 0 Å². The topological polar surface area (TPSA) is 61.6 Å². The van der Waals surface area contributed by atoms with Crippen molar-refractivity contribution in [2.45, 2.75) is 6.92 Å². The van der Waals surface area contributed by atoms with Gasteiger partial charge in [-0.1, -0.05) is 18.2 Å². The molecule has 0 atom stereocenters. The molecule has 0 amide bonds. The molecule has 5 nitrogen and oxygen atoms in total. The summed E-state index contributed by atoms with van der Waals surface area (Å²) in [5.41, 5.74) is 0.747. The quantitative estimate of drug-likeness (QED) is 0.464. The van der Waals surface area contributed by atoms with E-state index in [2.05, 4.69) is 0 Å². The van der Waals surface area contributed by atoms with Crippen molar-refractivity contribution in [2.75, 3.05) is 13.2 Å². The molecule has 0 aliphatic rings. The van der Waals surface area contributed by atoms with E-state index in [0.717, 1.165) is 5.56 Å². The van der Waals surface area contributed by atoms with Crippen molar-refractivity contribution < 1.29 is 18.8 Å². The lowest BCUT2D eigenvalue weighted by molar-refractivity contribution is -0.385. The first-order valence-corrected chi connectivity index (χ1v) is 6.33. The van der Waals surface area contributed by atoms with Crippen LogP contribution in [0.1, 0.15) is 5.56 Å². The number of nitro benzene ring substituents is 1. The number of aryl methyl sites for hydroxylation is 1. The van der Waals surface area contributed by atoms with E-state index in [-0.39, 0.29) is 30.4 Å². The summed E-state index contributed by atoms with van der Waals surface area (Å²) in [5, 5.41) is 10.9. The fourth-order valence-electron chi connectivity index (χ4n) is 1.75. The summed E-state index contributed by atoms with van der Waals surface area (Å²) in [6, 6.07) is 10.6. The molecule has 0 aliphatic heterocycles. The molecule has 0 bridgehead atoms. The van der Waals surface area contributed by atoms with Crippen LogP contribution in [0.3, 0.4) is 0 Å². The molecule has 0 aliphatic carbocycles. The van der Waals surface area contributed by atoms with Crippen LogP contribution in [0, 0.1) is 22.9 Å². The normalized spacial score (nSPS) is 10.2. The van der Waals surface area contributed by atoms with Gasteiger partial charge in [0.1, 0.15) is 13.2 Å². The van der Waals surface area contributed by atoms with Crippen molar-refractivity contribution >= 4 is 5.69 Å². The highest BCUT2D eigenvalue weighted by Gasteiger charge is 2.14. The average molecular weight is 291 g/mol. The van der Waals surface area contributed by atoms with Gasteiger partial charge in [-0.05, 0) is 30.7 Å². The lowest BCUT2D eigenvalue weighted by Crippen LogP contribution is -2.10. The summed E-state index contributed by atoms with van der Waals surface area (Å²) in [7, 11) is 0. The predicted octanol–water partition coefficient (Wildman–Crippen LogP) is 3.50. The van der Waals surface area contributed by atoms with Gasteiger partial charge in [0, 0.05) is 6.07 Å². The molecule has 0 heterocycles. The van der Waals surface area contributed by atoms with Crippen LogP contribution in [0.4, 0.5) is 10.1 Å². The van der Waals surface area contributed by atoms with Crippen molar-refractivity contribution in [1.29, 1.82) is 0 Å². The third kappa shape index (κ3) is 3.92. The van der Waals surface area contributed by atoms with E-state index in [1.807, 2.05) is 6.92 Å². The van der Waals surface area contributed by atoms with Crippen LogP contribution in [0.2, 0.25) is 0 Å². The molecule has 110 valence electrons. The van der Waals surface area contributed by atoms with Crippen LogP contribution in [0.15, 0.2) is 42.5 Å². The highest BCUT2D eigenvalue weighted by molar-refractivity contribution is 5.48. The number of para-hydroxylation sites is 1. The number of rotatable bonds is 6. The molecule has 21 heavy (non-hydrogen) atoms. The van der Waals surface area contributed by atoms with Crippen LogP contribution >= 0.6 is 0 Å². The van der Waals surface area contributed by atoms with Gasteiger partial charge < -0.3 is 9.47 Å². The third-order valence-corrected chi connectivity index (χ3v) is 2.75. The van der Waals surface area contributed by atoms with Gasteiger partial charge in [0.2, 0.25) is 0 Å². The van der Waals surface area contributed by atoms with Crippen molar-refractivity contribution in [3.63, 3.8) is 0 Å². The summed E-state index contributed by atoms with van der Waals surface area (Å²) in [6.45, 7) is 1.98. The minimum atomic E-state index is -0.507. The molecule has 2 rings (SSSR count).